The number of aromatic amines is 2. The molecule has 2 aromatic heterocycles. The van der Waals surface area contributed by atoms with E-state index in [4.69, 9.17) is 0 Å². The fraction of sp³-hybridized carbons (Fsp3) is 0.143. The van der Waals surface area contributed by atoms with E-state index < -0.39 is 11.2 Å². The fourth-order valence-corrected chi connectivity index (χ4v) is 2.34. The standard InChI is InChI=1S/C14H12N6O3/c1-19-11(8(6-15)12(21)20(2)14(19)23)16-7-3-4-9-10(5-7)18-13(22)17-9/h3-5,16H,1-2H3,(H2,17,18,22). The summed E-state index contributed by atoms with van der Waals surface area (Å²) in [7, 11) is 2.77. The lowest BCUT2D eigenvalue weighted by Crippen LogP contribution is -2.39. The first kappa shape index (κ1) is 14.4. The van der Waals surface area contributed by atoms with E-state index in [1.54, 1.807) is 18.2 Å². The number of imidazole rings is 1. The summed E-state index contributed by atoms with van der Waals surface area (Å²) in [6, 6.07) is 6.78. The second kappa shape index (κ2) is 5.03. The number of anilines is 2. The molecule has 0 spiro atoms. The van der Waals surface area contributed by atoms with E-state index in [1.165, 1.54) is 18.7 Å². The van der Waals surface area contributed by atoms with Crippen molar-refractivity contribution in [2.75, 3.05) is 5.32 Å². The summed E-state index contributed by atoms with van der Waals surface area (Å²) in [6.07, 6.45) is 0. The zero-order chi connectivity index (χ0) is 16.7. The van der Waals surface area contributed by atoms with E-state index in [1.807, 2.05) is 6.07 Å². The van der Waals surface area contributed by atoms with Gasteiger partial charge in [-0.25, -0.2) is 9.59 Å². The fourth-order valence-electron chi connectivity index (χ4n) is 2.34. The van der Waals surface area contributed by atoms with Crippen LogP contribution in [0.2, 0.25) is 0 Å². The van der Waals surface area contributed by atoms with Crippen LogP contribution in [0, 0.1) is 11.3 Å². The van der Waals surface area contributed by atoms with Crippen molar-refractivity contribution < 1.29 is 0 Å². The van der Waals surface area contributed by atoms with Gasteiger partial charge in [-0.1, -0.05) is 0 Å². The molecule has 9 nitrogen and oxygen atoms in total. The maximum absolute atomic E-state index is 12.0. The average molecular weight is 312 g/mol. The maximum atomic E-state index is 12.0. The Kier molecular flexibility index (Phi) is 3.15. The van der Waals surface area contributed by atoms with Crippen molar-refractivity contribution in [1.29, 1.82) is 5.26 Å². The molecule has 0 bridgehead atoms. The smallest absolute Gasteiger partial charge is 0.332 e. The Balaban J connectivity index is 2.19. The van der Waals surface area contributed by atoms with Gasteiger partial charge in [-0.3, -0.25) is 13.9 Å². The van der Waals surface area contributed by atoms with Crippen LogP contribution in [0.1, 0.15) is 5.56 Å². The number of nitriles is 1. The molecule has 0 aliphatic carbocycles. The summed E-state index contributed by atoms with van der Waals surface area (Å²) in [5, 5.41) is 12.1. The van der Waals surface area contributed by atoms with E-state index in [-0.39, 0.29) is 17.1 Å². The first-order valence-electron chi connectivity index (χ1n) is 6.61. The van der Waals surface area contributed by atoms with Gasteiger partial charge < -0.3 is 15.3 Å². The lowest BCUT2D eigenvalue weighted by Gasteiger charge is -2.13. The van der Waals surface area contributed by atoms with Gasteiger partial charge in [0, 0.05) is 19.8 Å². The highest BCUT2D eigenvalue weighted by Gasteiger charge is 2.15. The van der Waals surface area contributed by atoms with Gasteiger partial charge in [0.05, 0.1) is 11.0 Å². The van der Waals surface area contributed by atoms with Crippen LogP contribution < -0.4 is 22.3 Å². The van der Waals surface area contributed by atoms with Crippen LogP contribution >= 0.6 is 0 Å². The largest absolute Gasteiger partial charge is 0.340 e. The van der Waals surface area contributed by atoms with Crippen molar-refractivity contribution >= 4 is 22.5 Å². The van der Waals surface area contributed by atoms with Crippen LogP contribution in [-0.2, 0) is 14.1 Å². The summed E-state index contributed by atoms with van der Waals surface area (Å²) in [6.45, 7) is 0. The third kappa shape index (κ3) is 2.22. The van der Waals surface area contributed by atoms with Crippen LogP contribution in [0.15, 0.2) is 32.6 Å². The Labute approximate surface area is 128 Å². The van der Waals surface area contributed by atoms with Gasteiger partial charge in [0.1, 0.15) is 11.9 Å². The molecule has 3 N–H and O–H groups in total. The molecule has 0 saturated heterocycles. The van der Waals surface area contributed by atoms with Crippen LogP contribution in [0.25, 0.3) is 11.0 Å². The minimum atomic E-state index is -0.672. The second-order valence-corrected chi connectivity index (χ2v) is 5.01. The van der Waals surface area contributed by atoms with E-state index in [9.17, 15) is 19.6 Å². The summed E-state index contributed by atoms with van der Waals surface area (Å²) in [5.41, 5.74) is -0.0197. The number of hydrogen-bond acceptors (Lipinski definition) is 5. The van der Waals surface area contributed by atoms with Crippen molar-refractivity contribution in [2.45, 2.75) is 0 Å². The third-order valence-corrected chi connectivity index (χ3v) is 3.56. The molecule has 0 radical (unpaired) electrons. The quantitative estimate of drug-likeness (QED) is 0.607. The lowest BCUT2D eigenvalue weighted by atomic mass is 10.2. The van der Waals surface area contributed by atoms with Crippen LogP contribution in [0.5, 0.6) is 0 Å². The second-order valence-electron chi connectivity index (χ2n) is 5.01. The van der Waals surface area contributed by atoms with Gasteiger partial charge in [-0.15, -0.1) is 0 Å². The van der Waals surface area contributed by atoms with Gasteiger partial charge in [0.15, 0.2) is 5.56 Å². The third-order valence-electron chi connectivity index (χ3n) is 3.56. The first-order chi connectivity index (χ1) is 10.9. The number of fused-ring (bicyclic) bond motifs is 1. The summed E-state index contributed by atoms with van der Waals surface area (Å²) in [5.74, 6) is 0.0952. The van der Waals surface area contributed by atoms with E-state index in [0.29, 0.717) is 16.7 Å². The van der Waals surface area contributed by atoms with E-state index in [2.05, 4.69) is 15.3 Å². The number of hydrogen-bond donors (Lipinski definition) is 3. The molecular weight excluding hydrogens is 300 g/mol. The lowest BCUT2D eigenvalue weighted by molar-refractivity contribution is 0.689. The molecule has 0 unspecified atom stereocenters. The van der Waals surface area contributed by atoms with Crippen molar-refractivity contribution in [3.8, 4) is 6.07 Å². The zero-order valence-corrected chi connectivity index (χ0v) is 12.3. The minimum absolute atomic E-state index is 0.0952. The maximum Gasteiger partial charge on any atom is 0.332 e. The van der Waals surface area contributed by atoms with Crippen LogP contribution in [-0.4, -0.2) is 19.1 Å². The number of aromatic nitrogens is 4. The molecule has 3 rings (SSSR count). The minimum Gasteiger partial charge on any atom is -0.340 e. The molecule has 0 amide bonds. The van der Waals surface area contributed by atoms with Gasteiger partial charge in [0.2, 0.25) is 0 Å². The highest BCUT2D eigenvalue weighted by atomic mass is 16.2. The zero-order valence-electron chi connectivity index (χ0n) is 12.3. The van der Waals surface area contributed by atoms with E-state index >= 15 is 0 Å². The number of rotatable bonds is 2. The predicted molar refractivity (Wildman–Crippen MR) is 83.8 cm³/mol. The van der Waals surface area contributed by atoms with Gasteiger partial charge in [0.25, 0.3) is 5.56 Å². The van der Waals surface area contributed by atoms with Crippen molar-refractivity contribution in [2.24, 2.45) is 14.1 Å². The SMILES string of the molecule is Cn1c(Nc2ccc3[nH]c(=O)[nH]c3c2)c(C#N)c(=O)n(C)c1=O. The topological polar surface area (TPSA) is 128 Å². The first-order valence-corrected chi connectivity index (χ1v) is 6.61. The van der Waals surface area contributed by atoms with Crippen molar-refractivity contribution in [3.63, 3.8) is 0 Å². The number of nitrogens with one attached hydrogen (secondary N) is 3. The normalized spacial score (nSPS) is 10.7. The molecule has 2 heterocycles. The van der Waals surface area contributed by atoms with E-state index in [0.717, 1.165) is 4.57 Å². The van der Waals surface area contributed by atoms with Crippen LogP contribution in [0.3, 0.4) is 0 Å². The molecule has 23 heavy (non-hydrogen) atoms. The highest BCUT2D eigenvalue weighted by Crippen LogP contribution is 2.20. The van der Waals surface area contributed by atoms with Gasteiger partial charge in [-0.2, -0.15) is 5.26 Å². The summed E-state index contributed by atoms with van der Waals surface area (Å²) in [4.78, 5) is 40.5. The molecule has 0 aliphatic heterocycles. The van der Waals surface area contributed by atoms with Gasteiger partial charge >= 0.3 is 11.4 Å². The van der Waals surface area contributed by atoms with Crippen molar-refractivity contribution in [3.05, 3.63) is 55.1 Å². The Morgan fingerprint density at radius 2 is 1.78 bits per heavy atom. The molecule has 0 saturated carbocycles. The van der Waals surface area contributed by atoms with Crippen molar-refractivity contribution in [1.82, 2.24) is 19.1 Å². The van der Waals surface area contributed by atoms with Gasteiger partial charge in [-0.05, 0) is 18.2 Å². The van der Waals surface area contributed by atoms with Crippen LogP contribution in [0.4, 0.5) is 11.5 Å². The Bertz CT molecular complexity index is 1140. The number of benzene rings is 1. The number of nitrogens with zero attached hydrogens (tertiary/aromatic N) is 3. The summed E-state index contributed by atoms with van der Waals surface area (Å²) < 4.78 is 2.06. The Morgan fingerprint density at radius 3 is 2.48 bits per heavy atom. The average Bonchev–Trinajstić information content (AvgIpc) is 2.90. The Morgan fingerprint density at radius 1 is 1.09 bits per heavy atom. The molecule has 0 aliphatic rings. The highest BCUT2D eigenvalue weighted by molar-refractivity contribution is 5.80. The monoisotopic (exact) mass is 312 g/mol. The molecule has 0 atom stereocenters. The molecular formula is C14H12N6O3. The summed E-state index contributed by atoms with van der Waals surface area (Å²) >= 11 is 0. The molecule has 3 aromatic rings. The number of H-pyrrole nitrogens is 2. The molecule has 1 aromatic carbocycles. The molecule has 0 fully saturated rings. The molecule has 9 heteroatoms. The Hall–Kier alpha value is -3.54. The molecule has 116 valence electrons. The predicted octanol–water partition coefficient (Wildman–Crippen LogP) is -0.131.